The third kappa shape index (κ3) is 8.61. The van der Waals surface area contributed by atoms with Crippen LogP contribution < -0.4 is 9.62 Å². The summed E-state index contributed by atoms with van der Waals surface area (Å²) in [5, 5.41) is 3.48. The highest BCUT2D eigenvalue weighted by Crippen LogP contribution is 2.26. The number of sulfonamides is 1. The SMILES string of the molecule is CC[C@@H](C)NC(=O)[C@H](Cc1ccccc1)N(Cc1ccccc1Cl)C(=O)CN(c1ccc(I)cc1)S(=O)(=O)c1ccccc1. The number of nitrogens with one attached hydrogen (secondary N) is 1. The summed E-state index contributed by atoms with van der Waals surface area (Å²) in [7, 11) is -4.15. The fraction of sp³-hybridized carbons (Fsp3) is 0.235. The molecular formula is C34H35ClIN3O4S. The Kier molecular flexibility index (Phi) is 11.8. The topological polar surface area (TPSA) is 86.8 Å². The highest BCUT2D eigenvalue weighted by Gasteiger charge is 2.35. The van der Waals surface area contributed by atoms with Crippen LogP contribution in [0.4, 0.5) is 5.69 Å². The molecule has 7 nitrogen and oxygen atoms in total. The van der Waals surface area contributed by atoms with Crippen molar-refractivity contribution in [2.24, 2.45) is 0 Å². The lowest BCUT2D eigenvalue weighted by Crippen LogP contribution is -2.54. The summed E-state index contributed by atoms with van der Waals surface area (Å²) in [6.07, 6.45) is 0.937. The molecule has 0 fully saturated rings. The molecule has 0 saturated heterocycles. The quantitative estimate of drug-likeness (QED) is 0.155. The van der Waals surface area contributed by atoms with Gasteiger partial charge in [-0.2, -0.15) is 0 Å². The van der Waals surface area contributed by atoms with Gasteiger partial charge in [-0.15, -0.1) is 0 Å². The number of carbonyl (C=O) groups excluding carboxylic acids is 2. The minimum absolute atomic E-state index is 0.00977. The van der Waals surface area contributed by atoms with E-state index in [9.17, 15) is 18.0 Å². The van der Waals surface area contributed by atoms with Gasteiger partial charge in [0.05, 0.1) is 10.6 Å². The standard InChI is InChI=1S/C34H35ClIN3O4S/c1-3-25(2)37-34(41)32(22-26-12-6-4-7-13-26)38(23-27-14-10-11-17-31(27)35)33(40)24-39(29-20-18-28(36)19-21-29)44(42,43)30-15-8-5-9-16-30/h4-21,25,32H,3,22-24H2,1-2H3,(H,37,41)/t25-,32+/m1/s1. The Balaban J connectivity index is 1.80. The second-order valence-electron chi connectivity index (χ2n) is 10.4. The van der Waals surface area contributed by atoms with Gasteiger partial charge in [0.15, 0.2) is 0 Å². The molecule has 0 aliphatic heterocycles. The van der Waals surface area contributed by atoms with Crippen molar-refractivity contribution in [3.05, 3.63) is 129 Å². The third-order valence-corrected chi connectivity index (χ3v) is 10.2. The van der Waals surface area contributed by atoms with E-state index in [2.05, 4.69) is 27.9 Å². The van der Waals surface area contributed by atoms with Crippen molar-refractivity contribution in [2.45, 2.75) is 50.2 Å². The lowest BCUT2D eigenvalue weighted by atomic mass is 10.0. The molecule has 10 heteroatoms. The molecule has 0 unspecified atom stereocenters. The van der Waals surface area contributed by atoms with Crippen molar-refractivity contribution in [1.82, 2.24) is 10.2 Å². The zero-order chi connectivity index (χ0) is 31.7. The molecular weight excluding hydrogens is 709 g/mol. The van der Waals surface area contributed by atoms with Crippen molar-refractivity contribution >= 4 is 61.7 Å². The summed E-state index contributed by atoms with van der Waals surface area (Å²) in [4.78, 5) is 29.9. The molecule has 4 aromatic rings. The minimum atomic E-state index is -4.15. The van der Waals surface area contributed by atoms with E-state index < -0.39 is 28.5 Å². The van der Waals surface area contributed by atoms with E-state index >= 15 is 0 Å². The summed E-state index contributed by atoms with van der Waals surface area (Å²) in [6, 6.07) is 30.4. The zero-order valence-corrected chi connectivity index (χ0v) is 28.3. The van der Waals surface area contributed by atoms with Crippen LogP contribution in [-0.2, 0) is 32.6 Å². The average molecular weight is 744 g/mol. The van der Waals surface area contributed by atoms with Gasteiger partial charge in [0, 0.05) is 27.6 Å². The van der Waals surface area contributed by atoms with Gasteiger partial charge in [-0.25, -0.2) is 8.42 Å². The Morgan fingerprint density at radius 2 is 1.45 bits per heavy atom. The molecule has 0 aromatic heterocycles. The van der Waals surface area contributed by atoms with Gasteiger partial charge in [-0.1, -0.05) is 85.3 Å². The first-order valence-corrected chi connectivity index (χ1v) is 17.2. The van der Waals surface area contributed by atoms with Crippen LogP contribution in [0.2, 0.25) is 5.02 Å². The molecule has 0 spiro atoms. The summed E-state index contributed by atoms with van der Waals surface area (Å²) in [5.41, 5.74) is 1.84. The van der Waals surface area contributed by atoms with Crippen LogP contribution in [0.3, 0.4) is 0 Å². The summed E-state index contributed by atoms with van der Waals surface area (Å²) in [6.45, 7) is 3.36. The maximum atomic E-state index is 14.5. The monoisotopic (exact) mass is 743 g/mol. The number of rotatable bonds is 13. The molecule has 2 amide bonds. The van der Waals surface area contributed by atoms with E-state index in [-0.39, 0.29) is 29.8 Å². The largest absolute Gasteiger partial charge is 0.352 e. The van der Waals surface area contributed by atoms with Crippen LogP contribution in [0.15, 0.2) is 114 Å². The first kappa shape index (κ1) is 33.5. The van der Waals surface area contributed by atoms with E-state index in [1.807, 2.05) is 50.2 Å². The van der Waals surface area contributed by atoms with E-state index in [4.69, 9.17) is 11.6 Å². The highest BCUT2D eigenvalue weighted by atomic mass is 127. The molecule has 4 rings (SSSR count). The number of carbonyl (C=O) groups is 2. The Morgan fingerprint density at radius 3 is 2.07 bits per heavy atom. The van der Waals surface area contributed by atoms with Crippen molar-refractivity contribution in [3.8, 4) is 0 Å². The first-order chi connectivity index (χ1) is 21.1. The molecule has 0 heterocycles. The maximum Gasteiger partial charge on any atom is 0.264 e. The molecule has 0 aliphatic rings. The second kappa shape index (κ2) is 15.5. The Morgan fingerprint density at radius 1 is 0.864 bits per heavy atom. The normalized spacial score (nSPS) is 12.6. The summed E-state index contributed by atoms with van der Waals surface area (Å²) >= 11 is 8.69. The number of benzene rings is 4. The Labute approximate surface area is 278 Å². The van der Waals surface area contributed by atoms with Gasteiger partial charge >= 0.3 is 0 Å². The van der Waals surface area contributed by atoms with E-state index in [1.165, 1.54) is 17.0 Å². The molecule has 0 saturated carbocycles. The number of hydrogen-bond acceptors (Lipinski definition) is 4. The lowest BCUT2D eigenvalue weighted by Gasteiger charge is -2.34. The summed E-state index contributed by atoms with van der Waals surface area (Å²) in [5.74, 6) is -0.862. The van der Waals surface area contributed by atoms with Crippen molar-refractivity contribution in [2.75, 3.05) is 10.8 Å². The molecule has 0 aliphatic carbocycles. The van der Waals surface area contributed by atoms with Crippen LogP contribution in [0.5, 0.6) is 0 Å². The second-order valence-corrected chi connectivity index (χ2v) is 14.0. The summed E-state index contributed by atoms with van der Waals surface area (Å²) < 4.78 is 30.1. The van der Waals surface area contributed by atoms with Crippen LogP contribution in [0.1, 0.15) is 31.4 Å². The molecule has 2 atom stereocenters. The molecule has 0 bridgehead atoms. The van der Waals surface area contributed by atoms with Gasteiger partial charge in [0.1, 0.15) is 12.6 Å². The molecule has 230 valence electrons. The van der Waals surface area contributed by atoms with Gasteiger partial charge in [-0.05, 0) is 89.5 Å². The number of hydrogen-bond donors (Lipinski definition) is 1. The molecule has 0 radical (unpaired) electrons. The van der Waals surface area contributed by atoms with Crippen LogP contribution >= 0.6 is 34.2 Å². The van der Waals surface area contributed by atoms with Crippen LogP contribution in [0.25, 0.3) is 0 Å². The zero-order valence-electron chi connectivity index (χ0n) is 24.6. The minimum Gasteiger partial charge on any atom is -0.352 e. The van der Waals surface area contributed by atoms with Crippen LogP contribution in [-0.4, -0.2) is 43.8 Å². The van der Waals surface area contributed by atoms with Crippen LogP contribution in [0, 0.1) is 3.57 Å². The van der Waals surface area contributed by atoms with Gasteiger partial charge < -0.3 is 10.2 Å². The molecule has 44 heavy (non-hydrogen) atoms. The molecule has 4 aromatic carbocycles. The fourth-order valence-electron chi connectivity index (χ4n) is 4.66. The average Bonchev–Trinajstić information content (AvgIpc) is 3.03. The Hall–Kier alpha value is -3.41. The van der Waals surface area contributed by atoms with E-state index in [0.717, 1.165) is 13.4 Å². The fourth-order valence-corrected chi connectivity index (χ4v) is 6.65. The van der Waals surface area contributed by atoms with Gasteiger partial charge in [-0.3, -0.25) is 13.9 Å². The predicted octanol–water partition coefficient (Wildman–Crippen LogP) is 6.69. The van der Waals surface area contributed by atoms with Crippen molar-refractivity contribution in [1.29, 1.82) is 0 Å². The first-order valence-electron chi connectivity index (χ1n) is 14.3. The van der Waals surface area contributed by atoms with Crippen molar-refractivity contribution < 1.29 is 18.0 Å². The van der Waals surface area contributed by atoms with E-state index in [1.54, 1.807) is 60.7 Å². The number of halogens is 2. The van der Waals surface area contributed by atoms with E-state index in [0.29, 0.717) is 22.7 Å². The molecule has 1 N–H and O–H groups in total. The predicted molar refractivity (Wildman–Crippen MR) is 184 cm³/mol. The maximum absolute atomic E-state index is 14.5. The van der Waals surface area contributed by atoms with Gasteiger partial charge in [0.25, 0.3) is 10.0 Å². The smallest absolute Gasteiger partial charge is 0.264 e. The number of amides is 2. The highest BCUT2D eigenvalue weighted by molar-refractivity contribution is 14.1. The number of nitrogens with zero attached hydrogens (tertiary/aromatic N) is 2. The third-order valence-electron chi connectivity index (χ3n) is 7.30. The van der Waals surface area contributed by atoms with Crippen molar-refractivity contribution in [3.63, 3.8) is 0 Å². The lowest BCUT2D eigenvalue weighted by molar-refractivity contribution is -0.140. The van der Waals surface area contributed by atoms with Gasteiger partial charge in [0.2, 0.25) is 11.8 Å². The number of anilines is 1. The Bertz CT molecular complexity index is 1660.